The van der Waals surface area contributed by atoms with Crippen LogP contribution in [0.25, 0.3) is 11.1 Å². The first-order chi connectivity index (χ1) is 17.2. The molecule has 0 aliphatic heterocycles. The Labute approximate surface area is 251 Å². The van der Waals surface area contributed by atoms with Crippen molar-refractivity contribution in [1.29, 1.82) is 0 Å². The van der Waals surface area contributed by atoms with Crippen LogP contribution in [0.4, 0.5) is 0 Å². The maximum atomic E-state index is 3.38. The van der Waals surface area contributed by atoms with Gasteiger partial charge in [-0.05, 0) is 43.4 Å². The summed E-state index contributed by atoms with van der Waals surface area (Å²) in [7, 11) is 0. The van der Waals surface area contributed by atoms with Gasteiger partial charge in [-0.15, -0.1) is 12.0 Å². The SMILES string of the molecule is [C-]1=CC(C23CC4CC(CC(C4)C2)C3)=CC1.[Cl-].[Cl-].[Zr+2]=[C]1CCCCC1.[c-]1cccc2c1Cc1ccccc1-2. The molecule has 0 spiro atoms. The van der Waals surface area contributed by atoms with Crippen molar-refractivity contribution in [2.45, 2.75) is 83.5 Å². The van der Waals surface area contributed by atoms with E-state index in [1.807, 2.05) is 6.07 Å². The molecule has 2 aromatic carbocycles. The number of allylic oxidation sites excluding steroid dienone is 4. The van der Waals surface area contributed by atoms with Crippen LogP contribution < -0.4 is 24.8 Å². The van der Waals surface area contributed by atoms with Crippen LogP contribution >= 0.6 is 0 Å². The summed E-state index contributed by atoms with van der Waals surface area (Å²) < 4.78 is 1.80. The summed E-state index contributed by atoms with van der Waals surface area (Å²) in [5.41, 5.74) is 7.80. The Balaban J connectivity index is 0.000000134. The van der Waals surface area contributed by atoms with E-state index in [0.29, 0.717) is 5.41 Å². The fourth-order valence-corrected chi connectivity index (χ4v) is 9.08. The zero-order chi connectivity index (χ0) is 23.7. The molecule has 194 valence electrons. The van der Waals surface area contributed by atoms with E-state index in [1.54, 1.807) is 52.3 Å². The van der Waals surface area contributed by atoms with Crippen molar-refractivity contribution in [1.82, 2.24) is 0 Å². The van der Waals surface area contributed by atoms with Crippen LogP contribution in [0, 0.1) is 35.3 Å². The Kier molecular flexibility index (Phi) is 10.3. The van der Waals surface area contributed by atoms with Gasteiger partial charge in [0.2, 0.25) is 0 Å². The van der Waals surface area contributed by atoms with Crippen LogP contribution in [-0.4, -0.2) is 3.21 Å². The standard InChI is InChI=1S/C15H19.C13H9.C6H10.2ClH.Zr/c1-2-4-14(3-1)15-8-11-5-12(9-15)7-13(6-11)10-15;1-3-7-12-10(5-1)9-11-6-2-4-8-13(11)12;1-2-4-6-5-3-1;;;/h3-4,11-13H,1,5-10H2;1-5,7-8H,9H2;1-5H2;2*1H;/q2*-1;;;;+2/p-2. The van der Waals surface area contributed by atoms with Crippen LogP contribution in [0.3, 0.4) is 0 Å². The minimum atomic E-state index is 0. The average molecular weight is 609 g/mol. The molecule has 0 atom stereocenters. The van der Waals surface area contributed by atoms with Crippen molar-refractivity contribution in [2.75, 3.05) is 0 Å². The second-order valence-electron chi connectivity index (χ2n) is 12.0. The van der Waals surface area contributed by atoms with E-state index < -0.39 is 0 Å². The Hall–Kier alpha value is -0.747. The molecule has 0 saturated heterocycles. The third-order valence-corrected chi connectivity index (χ3v) is 10.7. The molecule has 7 aliphatic rings. The van der Waals surface area contributed by atoms with Crippen LogP contribution in [0.5, 0.6) is 0 Å². The van der Waals surface area contributed by atoms with Gasteiger partial charge in [0, 0.05) is 0 Å². The van der Waals surface area contributed by atoms with Gasteiger partial charge in [0.15, 0.2) is 0 Å². The third-order valence-electron chi connectivity index (χ3n) is 9.42. The first-order valence-corrected chi connectivity index (χ1v) is 15.3. The van der Waals surface area contributed by atoms with Gasteiger partial charge in [-0.25, -0.2) is 6.08 Å². The molecule has 0 heterocycles. The van der Waals surface area contributed by atoms with Crippen molar-refractivity contribution < 1.29 is 49.0 Å². The summed E-state index contributed by atoms with van der Waals surface area (Å²) in [5.74, 6) is 3.23. The number of halogens is 2. The van der Waals surface area contributed by atoms with E-state index >= 15 is 0 Å². The second kappa shape index (κ2) is 13.1. The third kappa shape index (κ3) is 6.53. The Morgan fingerprint density at radius 2 is 1.43 bits per heavy atom. The molecule has 7 aliphatic carbocycles. The van der Waals surface area contributed by atoms with E-state index in [4.69, 9.17) is 0 Å². The van der Waals surface area contributed by atoms with Gasteiger partial charge in [0.1, 0.15) is 0 Å². The zero-order valence-electron chi connectivity index (χ0n) is 21.9. The monoisotopic (exact) mass is 606 g/mol. The van der Waals surface area contributed by atoms with Gasteiger partial charge in [-0.3, -0.25) is 6.08 Å². The average Bonchev–Trinajstić information content (AvgIpc) is 3.54. The number of fused-ring (bicyclic) bond motifs is 3. The fourth-order valence-electron chi connectivity index (χ4n) is 8.21. The van der Waals surface area contributed by atoms with Gasteiger partial charge in [-0.2, -0.15) is 41.5 Å². The van der Waals surface area contributed by atoms with Crippen molar-refractivity contribution in [3.05, 3.63) is 83.5 Å². The van der Waals surface area contributed by atoms with E-state index in [9.17, 15) is 0 Å². The molecule has 0 aromatic heterocycles. The Morgan fingerprint density at radius 3 is 2.03 bits per heavy atom. The number of rotatable bonds is 1. The largest absolute Gasteiger partial charge is 0.179 e. The molecule has 9 rings (SSSR count). The molecule has 0 unspecified atom stereocenters. The maximum Gasteiger partial charge on any atom is -0.0253 e. The summed E-state index contributed by atoms with van der Waals surface area (Å²) in [6.07, 6.45) is 26.8. The van der Waals surface area contributed by atoms with Gasteiger partial charge in [-0.1, -0.05) is 60.1 Å². The number of benzene rings is 2. The van der Waals surface area contributed by atoms with E-state index in [1.165, 1.54) is 73.6 Å². The van der Waals surface area contributed by atoms with Gasteiger partial charge < -0.3 is 24.8 Å². The van der Waals surface area contributed by atoms with Crippen LogP contribution in [-0.2, 0) is 30.7 Å². The van der Waals surface area contributed by atoms with E-state index in [-0.39, 0.29) is 24.8 Å². The molecule has 0 amide bonds. The molecule has 4 bridgehead atoms. The minimum absolute atomic E-state index is 0. The number of hydrogen-bond donors (Lipinski definition) is 0. The molecule has 5 saturated carbocycles. The second-order valence-corrected chi connectivity index (χ2v) is 13.7. The normalized spacial score (nSPS) is 29.4. The quantitative estimate of drug-likeness (QED) is 0.373. The Morgan fingerprint density at radius 1 is 0.784 bits per heavy atom. The van der Waals surface area contributed by atoms with Crippen molar-refractivity contribution in [2.24, 2.45) is 23.2 Å². The molecule has 0 N–H and O–H groups in total. The van der Waals surface area contributed by atoms with Gasteiger partial charge >= 0.3 is 59.5 Å². The van der Waals surface area contributed by atoms with Crippen LogP contribution in [0.15, 0.2) is 60.2 Å². The Bertz CT molecular complexity index is 1060. The summed E-state index contributed by atoms with van der Waals surface area (Å²) in [5, 5.41) is 0. The molecular weight excluding hydrogens is 571 g/mol. The molecule has 37 heavy (non-hydrogen) atoms. The molecular formula is C34H38Cl2Zr-2. The molecule has 2 aromatic rings. The molecule has 3 heteroatoms. The van der Waals surface area contributed by atoms with Crippen LogP contribution in [0.2, 0.25) is 0 Å². The molecule has 0 nitrogen and oxygen atoms in total. The van der Waals surface area contributed by atoms with Crippen molar-refractivity contribution in [3.63, 3.8) is 0 Å². The van der Waals surface area contributed by atoms with Crippen LogP contribution in [0.1, 0.15) is 88.2 Å². The van der Waals surface area contributed by atoms with Crippen molar-refractivity contribution >= 4 is 3.21 Å². The predicted octanol–water partition coefficient (Wildman–Crippen LogP) is 2.63. The van der Waals surface area contributed by atoms with E-state index in [2.05, 4.69) is 60.7 Å². The fraction of sp³-hybridized carbons (Fsp3) is 0.500. The topological polar surface area (TPSA) is 0 Å². The minimum Gasteiger partial charge on any atom is -0.179 e. The summed E-state index contributed by atoms with van der Waals surface area (Å²) in [6.45, 7) is 0. The zero-order valence-corrected chi connectivity index (χ0v) is 25.8. The smallest absolute Gasteiger partial charge is 0.0253 e. The van der Waals surface area contributed by atoms with Gasteiger partial charge in [0.05, 0.1) is 0 Å². The van der Waals surface area contributed by atoms with Crippen molar-refractivity contribution in [3.8, 4) is 11.1 Å². The molecule has 0 radical (unpaired) electrons. The maximum absolute atomic E-state index is 3.38. The molecule has 5 fully saturated rings. The summed E-state index contributed by atoms with van der Waals surface area (Å²) in [6, 6.07) is 18.1. The van der Waals surface area contributed by atoms with Gasteiger partial charge in [0.25, 0.3) is 0 Å². The predicted molar refractivity (Wildman–Crippen MR) is 143 cm³/mol. The first kappa shape index (κ1) is 29.2. The van der Waals surface area contributed by atoms with E-state index in [0.717, 1.165) is 30.6 Å². The first-order valence-electron chi connectivity index (χ1n) is 14.1. The summed E-state index contributed by atoms with van der Waals surface area (Å²) >= 11 is 1.69. The summed E-state index contributed by atoms with van der Waals surface area (Å²) in [4.78, 5) is 0. The number of hydrogen-bond acceptors (Lipinski definition) is 0.